The fourth-order valence-corrected chi connectivity index (χ4v) is 5.13. The molecule has 2 aliphatic heterocycles. The van der Waals surface area contributed by atoms with Crippen LogP contribution in [0, 0.1) is 11.3 Å². The van der Waals surface area contributed by atoms with Crippen molar-refractivity contribution in [1.29, 1.82) is 0 Å². The lowest BCUT2D eigenvalue weighted by Crippen LogP contribution is -2.49. The van der Waals surface area contributed by atoms with Gasteiger partial charge in [-0.05, 0) is 49.1 Å². The van der Waals surface area contributed by atoms with Gasteiger partial charge in [-0.2, -0.15) is 0 Å². The van der Waals surface area contributed by atoms with E-state index in [4.69, 9.17) is 4.74 Å². The van der Waals surface area contributed by atoms with Crippen LogP contribution >= 0.6 is 0 Å². The molecule has 1 amide bonds. The van der Waals surface area contributed by atoms with Crippen LogP contribution in [0.5, 0.6) is 0 Å². The quantitative estimate of drug-likeness (QED) is 0.851. The van der Waals surface area contributed by atoms with Crippen molar-refractivity contribution in [3.63, 3.8) is 0 Å². The number of amides is 1. The molecule has 1 aromatic rings. The predicted octanol–water partition coefficient (Wildman–Crippen LogP) is 1.68. The second-order valence-electron chi connectivity index (χ2n) is 8.73. The minimum absolute atomic E-state index is 0.0564. The highest BCUT2D eigenvalue weighted by atomic mass is 16.5. The van der Waals surface area contributed by atoms with Gasteiger partial charge in [-0.3, -0.25) is 14.7 Å². The third-order valence-corrected chi connectivity index (χ3v) is 6.79. The summed E-state index contributed by atoms with van der Waals surface area (Å²) in [5.74, 6) is 0.315. The Hall–Kier alpha value is -1.50. The van der Waals surface area contributed by atoms with Crippen LogP contribution in [0.3, 0.4) is 0 Å². The van der Waals surface area contributed by atoms with Crippen LogP contribution in [-0.2, 0) is 16.1 Å². The Morgan fingerprint density at radius 1 is 1.37 bits per heavy atom. The van der Waals surface area contributed by atoms with E-state index in [1.165, 1.54) is 5.56 Å². The number of pyridine rings is 1. The number of aliphatic hydroxyl groups excluding tert-OH is 1. The summed E-state index contributed by atoms with van der Waals surface area (Å²) in [5.41, 5.74) is 1.54. The van der Waals surface area contributed by atoms with Crippen molar-refractivity contribution in [3.05, 3.63) is 30.1 Å². The van der Waals surface area contributed by atoms with E-state index >= 15 is 0 Å². The molecule has 4 rings (SSSR count). The van der Waals surface area contributed by atoms with Crippen molar-refractivity contribution in [3.8, 4) is 0 Å². The van der Waals surface area contributed by atoms with Crippen LogP contribution in [-0.4, -0.2) is 71.3 Å². The van der Waals surface area contributed by atoms with E-state index in [9.17, 15) is 9.90 Å². The van der Waals surface area contributed by atoms with E-state index in [1.54, 1.807) is 7.11 Å². The van der Waals surface area contributed by atoms with Crippen LogP contribution in [0.2, 0.25) is 0 Å². The molecule has 1 N–H and O–H groups in total. The molecule has 3 aliphatic rings. The van der Waals surface area contributed by atoms with Crippen molar-refractivity contribution in [1.82, 2.24) is 14.8 Å². The second kappa shape index (κ2) is 7.86. The molecule has 6 nitrogen and oxygen atoms in total. The maximum atomic E-state index is 12.6. The first-order valence-electron chi connectivity index (χ1n) is 10.2. The van der Waals surface area contributed by atoms with Gasteiger partial charge in [0.1, 0.15) is 0 Å². The van der Waals surface area contributed by atoms with Crippen LogP contribution < -0.4 is 0 Å². The Kier molecular flexibility index (Phi) is 5.48. The molecule has 0 radical (unpaired) electrons. The van der Waals surface area contributed by atoms with Gasteiger partial charge < -0.3 is 14.7 Å². The summed E-state index contributed by atoms with van der Waals surface area (Å²) in [7, 11) is 1.78. The summed E-state index contributed by atoms with van der Waals surface area (Å²) in [6, 6.07) is 4.56. The first-order chi connectivity index (χ1) is 13.1. The Balaban J connectivity index is 1.37. The number of aliphatic hydroxyl groups is 1. The number of ether oxygens (including phenoxy) is 1. The van der Waals surface area contributed by atoms with Gasteiger partial charge in [0, 0.05) is 57.6 Å². The first-order valence-corrected chi connectivity index (χ1v) is 10.2. The molecular weight excluding hydrogens is 342 g/mol. The van der Waals surface area contributed by atoms with Crippen LogP contribution in [0.1, 0.15) is 37.7 Å². The molecule has 0 bridgehead atoms. The summed E-state index contributed by atoms with van der Waals surface area (Å²) in [6.07, 6.45) is 8.07. The fourth-order valence-electron chi connectivity index (χ4n) is 5.13. The van der Waals surface area contributed by atoms with E-state index < -0.39 is 0 Å². The van der Waals surface area contributed by atoms with Crippen molar-refractivity contribution >= 4 is 5.91 Å². The lowest BCUT2D eigenvalue weighted by atomic mass is 9.75. The van der Waals surface area contributed by atoms with Gasteiger partial charge in [0.25, 0.3) is 0 Å². The molecule has 148 valence electrons. The van der Waals surface area contributed by atoms with Gasteiger partial charge in [-0.15, -0.1) is 0 Å². The van der Waals surface area contributed by atoms with Crippen molar-refractivity contribution < 1.29 is 14.6 Å². The second-order valence-corrected chi connectivity index (χ2v) is 8.73. The zero-order valence-electron chi connectivity index (χ0n) is 16.2. The molecule has 2 saturated heterocycles. The Morgan fingerprint density at radius 2 is 2.15 bits per heavy atom. The lowest BCUT2D eigenvalue weighted by Gasteiger charge is -2.42. The van der Waals surface area contributed by atoms with Crippen LogP contribution in [0.4, 0.5) is 0 Å². The number of carbonyl (C=O) groups is 1. The highest BCUT2D eigenvalue weighted by Gasteiger charge is 2.47. The average molecular weight is 373 g/mol. The first kappa shape index (κ1) is 18.8. The number of aromatic nitrogens is 1. The summed E-state index contributed by atoms with van der Waals surface area (Å²) in [6.45, 7) is 4.44. The number of likely N-dealkylation sites (tertiary alicyclic amines) is 2. The molecule has 1 aliphatic carbocycles. The van der Waals surface area contributed by atoms with E-state index in [0.29, 0.717) is 24.3 Å². The number of rotatable bonds is 5. The molecule has 1 atom stereocenters. The van der Waals surface area contributed by atoms with Gasteiger partial charge in [-0.25, -0.2) is 0 Å². The SMILES string of the molecule is COCC1CC2(CCN(C(=O)C3CC(O)C3)CC2)CN1Cc1cccnc1. The lowest BCUT2D eigenvalue weighted by molar-refractivity contribution is -0.144. The summed E-state index contributed by atoms with van der Waals surface area (Å²) in [4.78, 5) is 21.4. The molecule has 3 heterocycles. The smallest absolute Gasteiger partial charge is 0.225 e. The number of nitrogens with zero attached hydrogens (tertiary/aromatic N) is 3. The molecular formula is C21H31N3O3. The third-order valence-electron chi connectivity index (χ3n) is 6.79. The Labute approximate surface area is 161 Å². The van der Waals surface area contributed by atoms with Crippen molar-refractivity contribution in [2.24, 2.45) is 11.3 Å². The minimum Gasteiger partial charge on any atom is -0.393 e. The number of hydrogen-bond donors (Lipinski definition) is 1. The number of hydrogen-bond acceptors (Lipinski definition) is 5. The van der Waals surface area contributed by atoms with Crippen LogP contribution in [0.15, 0.2) is 24.5 Å². The minimum atomic E-state index is -0.263. The van der Waals surface area contributed by atoms with E-state index in [2.05, 4.69) is 16.0 Å². The van der Waals surface area contributed by atoms with Gasteiger partial charge in [0.05, 0.1) is 12.7 Å². The third kappa shape index (κ3) is 4.03. The zero-order valence-corrected chi connectivity index (χ0v) is 16.2. The van der Waals surface area contributed by atoms with Crippen molar-refractivity contribution in [2.45, 2.75) is 50.8 Å². The molecule has 0 aromatic carbocycles. The molecule has 1 unspecified atom stereocenters. The maximum Gasteiger partial charge on any atom is 0.225 e. The Bertz CT molecular complexity index is 639. The Morgan fingerprint density at radius 3 is 2.78 bits per heavy atom. The summed E-state index contributed by atoms with van der Waals surface area (Å²) in [5, 5.41) is 9.47. The molecule has 27 heavy (non-hydrogen) atoms. The molecule has 1 saturated carbocycles. The topological polar surface area (TPSA) is 65.9 Å². The average Bonchev–Trinajstić information content (AvgIpc) is 2.97. The van der Waals surface area contributed by atoms with Gasteiger partial charge >= 0.3 is 0 Å². The zero-order chi connectivity index (χ0) is 18.9. The van der Waals surface area contributed by atoms with Gasteiger partial charge in [0.15, 0.2) is 0 Å². The van der Waals surface area contributed by atoms with Gasteiger partial charge in [0.2, 0.25) is 5.91 Å². The monoisotopic (exact) mass is 373 g/mol. The highest BCUT2D eigenvalue weighted by Crippen LogP contribution is 2.44. The highest BCUT2D eigenvalue weighted by molar-refractivity contribution is 5.80. The number of piperidine rings is 1. The van der Waals surface area contributed by atoms with Crippen LogP contribution in [0.25, 0.3) is 0 Å². The molecule has 3 fully saturated rings. The summed E-state index contributed by atoms with van der Waals surface area (Å²) < 4.78 is 5.51. The maximum absolute atomic E-state index is 12.6. The standard InChI is InChI=1S/C21H31N3O3/c1-27-14-18-11-21(15-24(18)13-16-3-2-6-22-12-16)4-7-23(8-5-21)20(26)17-9-19(25)10-17/h2-3,6,12,17-19,25H,4-5,7-11,13-15H2,1H3. The normalized spacial score (nSPS) is 30.4. The van der Waals surface area contributed by atoms with E-state index in [-0.39, 0.29) is 17.9 Å². The number of carbonyl (C=O) groups excluding carboxylic acids is 1. The summed E-state index contributed by atoms with van der Waals surface area (Å²) >= 11 is 0. The van der Waals surface area contributed by atoms with E-state index in [0.717, 1.165) is 52.0 Å². The predicted molar refractivity (Wildman–Crippen MR) is 102 cm³/mol. The van der Waals surface area contributed by atoms with Gasteiger partial charge in [-0.1, -0.05) is 6.07 Å². The molecule has 6 heteroatoms. The van der Waals surface area contributed by atoms with Crippen molar-refractivity contribution in [2.75, 3.05) is 33.4 Å². The molecule has 1 aromatic heterocycles. The van der Waals surface area contributed by atoms with E-state index in [1.807, 2.05) is 23.4 Å². The fraction of sp³-hybridized carbons (Fsp3) is 0.714. The molecule has 1 spiro atoms. The largest absolute Gasteiger partial charge is 0.393 e. The number of methoxy groups -OCH3 is 1.